The molecule has 0 heterocycles. The number of rotatable bonds is 4. The standard InChI is InChI=1S/C29H33NO2/c31-27(32)22-2-1-21-11-26(4-3-20(21)10-22)30(28-12-19-6-23(15-28)24(7-19)16-28)29-13-17-5-18(14-29)9-25(29)8-17/h1-4,10-11,17-19,23-25H,5-9,12-16H2,(H,31,32). The highest BCUT2D eigenvalue weighted by atomic mass is 16.4. The van der Waals surface area contributed by atoms with Crippen LogP contribution in [0.4, 0.5) is 5.69 Å². The molecule has 4 unspecified atom stereocenters. The second-order valence-corrected chi connectivity index (χ2v) is 12.7. The number of fused-ring (bicyclic) bond motifs is 1. The van der Waals surface area contributed by atoms with Gasteiger partial charge in [0.2, 0.25) is 0 Å². The van der Waals surface area contributed by atoms with Crippen molar-refractivity contribution in [1.29, 1.82) is 0 Å². The molecule has 10 rings (SSSR count). The Balaban J connectivity index is 1.29. The van der Waals surface area contributed by atoms with Crippen molar-refractivity contribution in [3.8, 4) is 0 Å². The van der Waals surface area contributed by atoms with E-state index in [9.17, 15) is 9.90 Å². The third-order valence-corrected chi connectivity index (χ3v) is 11.1. The smallest absolute Gasteiger partial charge is 0.335 e. The highest BCUT2D eigenvalue weighted by Gasteiger charge is 2.67. The van der Waals surface area contributed by atoms with Gasteiger partial charge >= 0.3 is 5.97 Å². The lowest BCUT2D eigenvalue weighted by molar-refractivity contribution is 0.0697. The van der Waals surface area contributed by atoms with E-state index in [1.165, 1.54) is 75.3 Å². The maximum Gasteiger partial charge on any atom is 0.335 e. The van der Waals surface area contributed by atoms with Crippen LogP contribution in [-0.2, 0) is 0 Å². The van der Waals surface area contributed by atoms with Gasteiger partial charge in [0.1, 0.15) is 0 Å². The number of aromatic carboxylic acids is 1. The van der Waals surface area contributed by atoms with Gasteiger partial charge in [-0.3, -0.25) is 0 Å². The molecular formula is C29H33NO2. The van der Waals surface area contributed by atoms with E-state index in [1.54, 1.807) is 6.07 Å². The predicted octanol–water partition coefficient (Wildman–Crippen LogP) is 6.50. The fourth-order valence-corrected chi connectivity index (χ4v) is 10.7. The zero-order valence-corrected chi connectivity index (χ0v) is 18.8. The molecule has 4 atom stereocenters. The molecule has 2 aromatic carbocycles. The SMILES string of the molecule is O=C(O)c1ccc2cc(N(C34CC5CC(C3)C(C5)C4)C34CC5CC(CC3C5)C4)ccc2c1. The van der Waals surface area contributed by atoms with Gasteiger partial charge in [-0.2, -0.15) is 0 Å². The van der Waals surface area contributed by atoms with Crippen molar-refractivity contribution >= 4 is 22.4 Å². The van der Waals surface area contributed by atoms with E-state index in [0.717, 1.165) is 40.9 Å². The largest absolute Gasteiger partial charge is 0.478 e. The number of anilines is 1. The van der Waals surface area contributed by atoms with Crippen LogP contribution >= 0.6 is 0 Å². The lowest BCUT2D eigenvalue weighted by atomic mass is 9.70. The molecule has 2 aromatic rings. The fourth-order valence-electron chi connectivity index (χ4n) is 10.7. The number of carbonyl (C=O) groups is 1. The monoisotopic (exact) mass is 427 g/mol. The quantitative estimate of drug-likeness (QED) is 0.605. The van der Waals surface area contributed by atoms with E-state index in [1.807, 2.05) is 12.1 Å². The van der Waals surface area contributed by atoms with Crippen molar-refractivity contribution in [2.75, 3.05) is 4.90 Å². The molecule has 32 heavy (non-hydrogen) atoms. The van der Waals surface area contributed by atoms with Crippen LogP contribution in [0, 0.1) is 35.5 Å². The first-order valence-corrected chi connectivity index (χ1v) is 13.1. The van der Waals surface area contributed by atoms with Gasteiger partial charge in [-0.1, -0.05) is 12.1 Å². The average Bonchev–Trinajstić information content (AvgIpc) is 3.36. The molecule has 3 nitrogen and oxygen atoms in total. The van der Waals surface area contributed by atoms with Crippen molar-refractivity contribution in [3.63, 3.8) is 0 Å². The molecule has 8 bridgehead atoms. The Morgan fingerprint density at radius 2 is 1.44 bits per heavy atom. The Morgan fingerprint density at radius 3 is 2.12 bits per heavy atom. The minimum atomic E-state index is -0.840. The third-order valence-electron chi connectivity index (χ3n) is 11.1. The summed E-state index contributed by atoms with van der Waals surface area (Å²) in [5.74, 6) is 4.88. The summed E-state index contributed by atoms with van der Waals surface area (Å²) in [5, 5.41) is 11.7. The molecule has 0 saturated heterocycles. The Bertz CT molecular complexity index is 1120. The first-order valence-electron chi connectivity index (χ1n) is 13.1. The summed E-state index contributed by atoms with van der Waals surface area (Å²) in [5.41, 5.74) is 2.60. The van der Waals surface area contributed by atoms with Gasteiger partial charge in [0.25, 0.3) is 0 Å². The molecule has 3 heteroatoms. The van der Waals surface area contributed by atoms with Crippen LogP contribution in [0.15, 0.2) is 36.4 Å². The molecule has 8 fully saturated rings. The molecule has 8 saturated carbocycles. The lowest BCUT2D eigenvalue weighted by Crippen LogP contribution is -2.63. The number of carboxylic acids is 1. The minimum absolute atomic E-state index is 0.380. The van der Waals surface area contributed by atoms with Crippen LogP contribution in [0.25, 0.3) is 10.8 Å². The summed E-state index contributed by atoms with van der Waals surface area (Å²) in [6, 6.07) is 12.6. The first kappa shape index (κ1) is 18.4. The van der Waals surface area contributed by atoms with Gasteiger partial charge in [0.05, 0.1) is 5.56 Å². The number of hydrogen-bond acceptors (Lipinski definition) is 2. The maximum absolute atomic E-state index is 11.5. The number of carboxylic acid groups (broad SMARTS) is 1. The minimum Gasteiger partial charge on any atom is -0.478 e. The lowest BCUT2D eigenvalue weighted by Gasteiger charge is -2.58. The van der Waals surface area contributed by atoms with Crippen LogP contribution < -0.4 is 4.90 Å². The van der Waals surface area contributed by atoms with E-state index in [4.69, 9.17) is 0 Å². The van der Waals surface area contributed by atoms with Crippen molar-refractivity contribution in [2.45, 2.75) is 75.3 Å². The molecule has 166 valence electrons. The number of hydrogen-bond donors (Lipinski definition) is 1. The van der Waals surface area contributed by atoms with Gasteiger partial charge in [-0.05, 0) is 135 Å². The Kier molecular flexibility index (Phi) is 3.39. The van der Waals surface area contributed by atoms with Crippen molar-refractivity contribution in [1.82, 2.24) is 0 Å². The van der Waals surface area contributed by atoms with E-state index in [-0.39, 0.29) is 0 Å². The third kappa shape index (κ3) is 2.26. The number of benzene rings is 2. The molecule has 8 aliphatic carbocycles. The summed E-state index contributed by atoms with van der Waals surface area (Å²) < 4.78 is 0. The summed E-state index contributed by atoms with van der Waals surface area (Å²) in [6.07, 6.45) is 14.5. The van der Waals surface area contributed by atoms with Gasteiger partial charge in [-0.25, -0.2) is 4.79 Å². The summed E-state index contributed by atoms with van der Waals surface area (Å²) in [4.78, 5) is 14.5. The summed E-state index contributed by atoms with van der Waals surface area (Å²) >= 11 is 0. The van der Waals surface area contributed by atoms with E-state index >= 15 is 0 Å². The van der Waals surface area contributed by atoms with Gasteiger partial charge in [-0.15, -0.1) is 0 Å². The Labute approximate surface area is 190 Å². The van der Waals surface area contributed by atoms with Crippen LogP contribution in [0.2, 0.25) is 0 Å². The first-order chi connectivity index (χ1) is 15.5. The predicted molar refractivity (Wildman–Crippen MR) is 126 cm³/mol. The average molecular weight is 428 g/mol. The fraction of sp³-hybridized carbons (Fsp3) is 0.621. The second-order valence-electron chi connectivity index (χ2n) is 12.7. The maximum atomic E-state index is 11.5. The molecule has 0 spiro atoms. The normalized spacial score (nSPS) is 44.8. The van der Waals surface area contributed by atoms with Gasteiger partial charge in [0.15, 0.2) is 0 Å². The topological polar surface area (TPSA) is 40.5 Å². The van der Waals surface area contributed by atoms with E-state index in [2.05, 4.69) is 23.1 Å². The van der Waals surface area contributed by atoms with Gasteiger partial charge in [0, 0.05) is 16.8 Å². The highest BCUT2D eigenvalue weighted by Crippen LogP contribution is 2.69. The molecule has 1 N–H and O–H groups in total. The molecular weight excluding hydrogens is 394 g/mol. The van der Waals surface area contributed by atoms with Gasteiger partial charge < -0.3 is 10.0 Å². The van der Waals surface area contributed by atoms with E-state index in [0.29, 0.717) is 16.6 Å². The molecule has 0 amide bonds. The molecule has 0 aromatic heterocycles. The Morgan fingerprint density at radius 1 is 0.781 bits per heavy atom. The Hall–Kier alpha value is -2.03. The zero-order valence-electron chi connectivity index (χ0n) is 18.8. The molecule has 0 radical (unpaired) electrons. The van der Waals surface area contributed by atoms with Crippen LogP contribution in [-0.4, -0.2) is 22.2 Å². The zero-order chi connectivity index (χ0) is 21.2. The van der Waals surface area contributed by atoms with Crippen LogP contribution in [0.1, 0.15) is 74.6 Å². The highest BCUT2D eigenvalue weighted by molar-refractivity contribution is 5.95. The van der Waals surface area contributed by atoms with Crippen molar-refractivity contribution in [3.05, 3.63) is 42.0 Å². The summed E-state index contributed by atoms with van der Waals surface area (Å²) in [6.45, 7) is 0. The van der Waals surface area contributed by atoms with Crippen molar-refractivity contribution in [2.24, 2.45) is 35.5 Å². The van der Waals surface area contributed by atoms with Crippen LogP contribution in [0.3, 0.4) is 0 Å². The van der Waals surface area contributed by atoms with E-state index < -0.39 is 5.97 Å². The van der Waals surface area contributed by atoms with Crippen LogP contribution in [0.5, 0.6) is 0 Å². The van der Waals surface area contributed by atoms with Crippen molar-refractivity contribution < 1.29 is 9.90 Å². The number of nitrogens with zero attached hydrogens (tertiary/aromatic N) is 1. The molecule has 8 aliphatic rings. The molecule has 0 aliphatic heterocycles. The summed E-state index contributed by atoms with van der Waals surface area (Å²) in [7, 11) is 0. The second kappa shape index (κ2) is 5.90.